The van der Waals surface area contributed by atoms with Crippen molar-refractivity contribution in [2.24, 2.45) is 7.05 Å². The van der Waals surface area contributed by atoms with Crippen LogP contribution in [0.15, 0.2) is 58.8 Å². The molecule has 0 fully saturated rings. The summed E-state index contributed by atoms with van der Waals surface area (Å²) in [6.45, 7) is 1.75. The number of carbonyl (C=O) groups is 1. The summed E-state index contributed by atoms with van der Waals surface area (Å²) in [5.41, 5.74) is 1.64. The number of nitrogens with one attached hydrogen (secondary N) is 1. The van der Waals surface area contributed by atoms with Gasteiger partial charge in [-0.15, -0.1) is 10.2 Å². The smallest absolute Gasteiger partial charge is 0.255 e. The Morgan fingerprint density at radius 1 is 1.21 bits per heavy atom. The zero-order chi connectivity index (χ0) is 17.1. The lowest BCUT2D eigenvalue weighted by molar-refractivity contribution is 0.102. The molecule has 0 atom stereocenters. The van der Waals surface area contributed by atoms with Crippen molar-refractivity contribution in [1.82, 2.24) is 14.8 Å². The van der Waals surface area contributed by atoms with E-state index in [1.54, 1.807) is 31.5 Å². The second-order valence-electron chi connectivity index (χ2n) is 5.32. The molecule has 1 heterocycles. The maximum absolute atomic E-state index is 13.4. The van der Waals surface area contributed by atoms with Gasteiger partial charge in [-0.2, -0.15) is 0 Å². The third kappa shape index (κ3) is 3.80. The van der Waals surface area contributed by atoms with Crippen molar-refractivity contribution in [2.75, 3.05) is 5.32 Å². The third-order valence-electron chi connectivity index (χ3n) is 3.30. The molecule has 0 aliphatic heterocycles. The summed E-state index contributed by atoms with van der Waals surface area (Å²) in [5, 5.41) is 11.4. The predicted octanol–water partition coefficient (Wildman–Crippen LogP) is 3.67. The van der Waals surface area contributed by atoms with Crippen LogP contribution in [-0.4, -0.2) is 20.7 Å². The molecule has 3 rings (SSSR count). The first-order valence-corrected chi connectivity index (χ1v) is 8.03. The predicted molar refractivity (Wildman–Crippen MR) is 90.7 cm³/mol. The molecule has 0 saturated heterocycles. The van der Waals surface area contributed by atoms with Crippen LogP contribution in [0, 0.1) is 12.7 Å². The van der Waals surface area contributed by atoms with Crippen molar-refractivity contribution in [3.8, 4) is 0 Å². The fourth-order valence-corrected chi connectivity index (χ4v) is 2.91. The normalized spacial score (nSPS) is 10.6. The number of amides is 1. The van der Waals surface area contributed by atoms with Crippen molar-refractivity contribution < 1.29 is 9.18 Å². The molecule has 0 saturated carbocycles. The molecular weight excluding hydrogens is 327 g/mol. The molecule has 0 spiro atoms. The van der Waals surface area contributed by atoms with Gasteiger partial charge in [0.05, 0.1) is 0 Å². The Hall–Kier alpha value is -2.67. The molecule has 1 N–H and O–H groups in total. The fourth-order valence-electron chi connectivity index (χ4n) is 2.15. The number of carbonyl (C=O) groups excluding carboxylic acids is 1. The van der Waals surface area contributed by atoms with Crippen molar-refractivity contribution in [3.63, 3.8) is 0 Å². The molecule has 1 amide bonds. The van der Waals surface area contributed by atoms with Crippen LogP contribution < -0.4 is 5.32 Å². The monoisotopic (exact) mass is 342 g/mol. The maximum atomic E-state index is 13.4. The first kappa shape index (κ1) is 16.2. The number of aryl methyl sites for hydroxylation is 2. The Labute approximate surface area is 142 Å². The van der Waals surface area contributed by atoms with Gasteiger partial charge in [0.25, 0.3) is 5.91 Å². The summed E-state index contributed by atoms with van der Waals surface area (Å²) >= 11 is 1.48. The first-order valence-electron chi connectivity index (χ1n) is 7.22. The van der Waals surface area contributed by atoms with Gasteiger partial charge in [0.15, 0.2) is 5.16 Å². The molecule has 0 aliphatic carbocycles. The summed E-state index contributed by atoms with van der Waals surface area (Å²) in [6, 6.07) is 11.6. The van der Waals surface area contributed by atoms with E-state index in [0.717, 1.165) is 10.1 Å². The summed E-state index contributed by atoms with van der Waals surface area (Å²) in [5.74, 6) is -0.762. The minimum Gasteiger partial charge on any atom is -0.322 e. The minimum atomic E-state index is -0.421. The van der Waals surface area contributed by atoms with E-state index in [4.69, 9.17) is 0 Å². The Balaban J connectivity index is 1.69. The SMILES string of the molecule is Cc1cc(F)cc(C(=O)Nc2ccc(Sc3nncn3C)cc2)c1. The molecule has 122 valence electrons. The van der Waals surface area contributed by atoms with Crippen LogP contribution in [0.25, 0.3) is 0 Å². The highest BCUT2D eigenvalue weighted by atomic mass is 32.2. The lowest BCUT2D eigenvalue weighted by Crippen LogP contribution is -2.12. The van der Waals surface area contributed by atoms with Gasteiger partial charge in [-0.1, -0.05) is 0 Å². The number of rotatable bonds is 4. The molecule has 5 nitrogen and oxygen atoms in total. The highest BCUT2D eigenvalue weighted by Crippen LogP contribution is 2.26. The fraction of sp³-hybridized carbons (Fsp3) is 0.118. The lowest BCUT2D eigenvalue weighted by atomic mass is 10.1. The summed E-state index contributed by atoms with van der Waals surface area (Å²) in [4.78, 5) is 13.2. The molecule has 0 aliphatic rings. The molecule has 3 aromatic rings. The van der Waals surface area contributed by atoms with Gasteiger partial charge < -0.3 is 9.88 Å². The van der Waals surface area contributed by atoms with Crippen LogP contribution in [0.3, 0.4) is 0 Å². The molecule has 0 bridgehead atoms. The third-order valence-corrected chi connectivity index (χ3v) is 4.36. The standard InChI is InChI=1S/C17H15FN4OS/c1-11-7-12(9-13(18)8-11)16(23)20-14-3-5-15(6-4-14)24-17-21-19-10-22(17)2/h3-10H,1-2H3,(H,20,23). The molecule has 24 heavy (non-hydrogen) atoms. The van der Waals surface area contributed by atoms with Gasteiger partial charge in [-0.25, -0.2) is 4.39 Å². The van der Waals surface area contributed by atoms with Crippen LogP contribution in [0.4, 0.5) is 10.1 Å². The average molecular weight is 342 g/mol. The van der Waals surface area contributed by atoms with Gasteiger partial charge in [0.1, 0.15) is 12.1 Å². The second kappa shape index (κ2) is 6.84. The molecule has 7 heteroatoms. The van der Waals surface area contributed by atoms with Crippen LogP contribution in [-0.2, 0) is 7.05 Å². The van der Waals surface area contributed by atoms with E-state index < -0.39 is 5.82 Å². The number of benzene rings is 2. The Morgan fingerprint density at radius 2 is 1.96 bits per heavy atom. The summed E-state index contributed by atoms with van der Waals surface area (Å²) in [7, 11) is 1.87. The molecule has 0 radical (unpaired) electrons. The molecule has 1 aromatic heterocycles. The van der Waals surface area contributed by atoms with E-state index in [1.807, 2.05) is 23.7 Å². The van der Waals surface area contributed by atoms with Gasteiger partial charge in [0.2, 0.25) is 0 Å². The molecule has 0 unspecified atom stereocenters. The van der Waals surface area contributed by atoms with E-state index in [1.165, 1.54) is 23.9 Å². The van der Waals surface area contributed by atoms with Crippen LogP contribution in [0.1, 0.15) is 15.9 Å². The van der Waals surface area contributed by atoms with E-state index in [0.29, 0.717) is 16.8 Å². The summed E-state index contributed by atoms with van der Waals surface area (Å²) in [6.07, 6.45) is 1.64. The Morgan fingerprint density at radius 3 is 2.58 bits per heavy atom. The Kier molecular flexibility index (Phi) is 4.61. The van der Waals surface area contributed by atoms with Gasteiger partial charge in [-0.3, -0.25) is 4.79 Å². The minimum absolute atomic E-state index is 0.296. The van der Waals surface area contributed by atoms with Crippen molar-refractivity contribution >= 4 is 23.4 Å². The van der Waals surface area contributed by atoms with Crippen molar-refractivity contribution in [3.05, 3.63) is 65.7 Å². The van der Waals surface area contributed by atoms with Crippen LogP contribution >= 0.6 is 11.8 Å². The average Bonchev–Trinajstić information content (AvgIpc) is 2.93. The maximum Gasteiger partial charge on any atom is 0.255 e. The van der Waals surface area contributed by atoms with Gasteiger partial charge >= 0.3 is 0 Å². The van der Waals surface area contributed by atoms with E-state index >= 15 is 0 Å². The number of anilines is 1. The van der Waals surface area contributed by atoms with E-state index in [-0.39, 0.29) is 5.91 Å². The lowest BCUT2D eigenvalue weighted by Gasteiger charge is -2.07. The zero-order valence-corrected chi connectivity index (χ0v) is 14.0. The zero-order valence-electron chi connectivity index (χ0n) is 13.2. The highest BCUT2D eigenvalue weighted by Gasteiger charge is 2.09. The molecular formula is C17H15FN4OS. The van der Waals surface area contributed by atoms with Crippen molar-refractivity contribution in [2.45, 2.75) is 17.0 Å². The van der Waals surface area contributed by atoms with Gasteiger partial charge in [0, 0.05) is 23.2 Å². The number of aromatic nitrogens is 3. The topological polar surface area (TPSA) is 59.8 Å². The highest BCUT2D eigenvalue weighted by molar-refractivity contribution is 7.99. The number of nitrogens with zero attached hydrogens (tertiary/aromatic N) is 3. The van der Waals surface area contributed by atoms with E-state index in [9.17, 15) is 9.18 Å². The quantitative estimate of drug-likeness (QED) is 0.786. The number of hydrogen-bond donors (Lipinski definition) is 1. The largest absolute Gasteiger partial charge is 0.322 e. The Bertz CT molecular complexity index is 856. The number of halogens is 1. The van der Waals surface area contributed by atoms with E-state index in [2.05, 4.69) is 15.5 Å². The number of hydrogen-bond acceptors (Lipinski definition) is 4. The summed E-state index contributed by atoms with van der Waals surface area (Å²) < 4.78 is 15.2. The first-order chi connectivity index (χ1) is 11.5. The van der Waals surface area contributed by atoms with Crippen molar-refractivity contribution in [1.29, 1.82) is 0 Å². The van der Waals surface area contributed by atoms with Crippen LogP contribution in [0.2, 0.25) is 0 Å². The molecule has 2 aromatic carbocycles. The van der Waals surface area contributed by atoms with Crippen LogP contribution in [0.5, 0.6) is 0 Å². The second-order valence-corrected chi connectivity index (χ2v) is 6.36. The van der Waals surface area contributed by atoms with Gasteiger partial charge in [-0.05, 0) is 66.7 Å².